The van der Waals surface area contributed by atoms with Gasteiger partial charge in [-0.3, -0.25) is 0 Å². The fourth-order valence-electron chi connectivity index (χ4n) is 3.11. The molecule has 2 fully saturated rings. The Kier molecular flexibility index (Phi) is 4.26. The van der Waals surface area contributed by atoms with E-state index in [1.807, 2.05) is 0 Å². The molecule has 0 aromatic heterocycles. The van der Waals surface area contributed by atoms with E-state index in [4.69, 9.17) is 4.74 Å². The van der Waals surface area contributed by atoms with Crippen LogP contribution in [0.3, 0.4) is 0 Å². The van der Waals surface area contributed by atoms with Gasteiger partial charge in [0.05, 0.1) is 6.10 Å². The highest BCUT2D eigenvalue weighted by molar-refractivity contribution is 4.88. The number of hydrogen-bond acceptors (Lipinski definition) is 2. The molecule has 2 aliphatic rings. The van der Waals surface area contributed by atoms with Gasteiger partial charge in [-0.05, 0) is 37.5 Å². The molecule has 1 aliphatic carbocycles. The molecule has 1 saturated carbocycles. The first kappa shape index (κ1) is 12.4. The first-order valence-corrected chi connectivity index (χ1v) is 7.03. The lowest BCUT2D eigenvalue weighted by Crippen LogP contribution is -2.47. The zero-order valence-corrected chi connectivity index (χ0v) is 10.9. The highest BCUT2D eigenvalue weighted by Crippen LogP contribution is 2.35. The maximum absolute atomic E-state index is 5.77. The third-order valence-electron chi connectivity index (χ3n) is 4.37. The molecule has 16 heavy (non-hydrogen) atoms. The second-order valence-corrected chi connectivity index (χ2v) is 6.18. The zero-order chi connectivity index (χ0) is 11.4. The van der Waals surface area contributed by atoms with Crippen LogP contribution in [-0.2, 0) is 4.74 Å². The maximum Gasteiger partial charge on any atom is 0.0699 e. The van der Waals surface area contributed by atoms with Gasteiger partial charge in [0.15, 0.2) is 0 Å². The summed E-state index contributed by atoms with van der Waals surface area (Å²) in [5, 5.41) is 3.76. The van der Waals surface area contributed by atoms with E-state index in [0.29, 0.717) is 17.6 Å². The van der Waals surface area contributed by atoms with Crippen LogP contribution < -0.4 is 5.32 Å². The van der Waals surface area contributed by atoms with Crippen molar-refractivity contribution in [2.45, 2.75) is 70.9 Å². The van der Waals surface area contributed by atoms with Gasteiger partial charge in [0.25, 0.3) is 0 Å². The van der Waals surface area contributed by atoms with Crippen molar-refractivity contribution in [1.29, 1.82) is 0 Å². The summed E-state index contributed by atoms with van der Waals surface area (Å²) in [7, 11) is 0. The van der Waals surface area contributed by atoms with Gasteiger partial charge in [-0.15, -0.1) is 0 Å². The highest BCUT2D eigenvalue weighted by atomic mass is 16.5. The Labute approximate surface area is 100 Å². The number of nitrogens with one attached hydrogen (secondary N) is 1. The van der Waals surface area contributed by atoms with Crippen LogP contribution in [0.15, 0.2) is 0 Å². The van der Waals surface area contributed by atoms with Crippen molar-refractivity contribution < 1.29 is 4.74 Å². The van der Waals surface area contributed by atoms with Crippen LogP contribution in [0.5, 0.6) is 0 Å². The summed E-state index contributed by atoms with van der Waals surface area (Å²) < 4.78 is 5.77. The van der Waals surface area contributed by atoms with Gasteiger partial charge in [0.1, 0.15) is 0 Å². The van der Waals surface area contributed by atoms with E-state index in [1.54, 1.807) is 0 Å². The molecule has 2 atom stereocenters. The standard InChI is InChI=1S/C14H27NO/c1-14(2)9-5-3-8-13(14)15-11-12-7-4-6-10-16-12/h12-13,15H,3-11H2,1-2H3. The van der Waals surface area contributed by atoms with Gasteiger partial charge in [-0.25, -0.2) is 0 Å². The predicted molar refractivity (Wildman–Crippen MR) is 67.6 cm³/mol. The molecule has 0 aromatic carbocycles. The fourth-order valence-corrected chi connectivity index (χ4v) is 3.11. The summed E-state index contributed by atoms with van der Waals surface area (Å²) in [6, 6.07) is 0.701. The summed E-state index contributed by atoms with van der Waals surface area (Å²) in [4.78, 5) is 0. The number of hydrogen-bond donors (Lipinski definition) is 1. The van der Waals surface area contributed by atoms with Crippen LogP contribution in [-0.4, -0.2) is 25.3 Å². The van der Waals surface area contributed by atoms with Crippen molar-refractivity contribution in [1.82, 2.24) is 5.32 Å². The monoisotopic (exact) mass is 225 g/mol. The van der Waals surface area contributed by atoms with Crippen molar-refractivity contribution >= 4 is 0 Å². The molecule has 1 N–H and O–H groups in total. The lowest BCUT2D eigenvalue weighted by molar-refractivity contribution is 0.0105. The quantitative estimate of drug-likeness (QED) is 0.797. The zero-order valence-electron chi connectivity index (χ0n) is 10.9. The molecule has 2 heteroatoms. The summed E-state index contributed by atoms with van der Waals surface area (Å²) in [5.41, 5.74) is 0.479. The molecule has 1 heterocycles. The van der Waals surface area contributed by atoms with E-state index in [2.05, 4.69) is 19.2 Å². The number of ether oxygens (including phenoxy) is 1. The SMILES string of the molecule is CC1(C)CCCCC1NCC1CCCCO1. The first-order chi connectivity index (χ1) is 7.68. The van der Waals surface area contributed by atoms with E-state index >= 15 is 0 Å². The van der Waals surface area contributed by atoms with Crippen LogP contribution in [0.25, 0.3) is 0 Å². The predicted octanol–water partition coefficient (Wildman–Crippen LogP) is 3.11. The molecule has 2 nitrogen and oxygen atoms in total. The Balaban J connectivity index is 1.75. The molecular weight excluding hydrogens is 198 g/mol. The molecule has 1 saturated heterocycles. The van der Waals surface area contributed by atoms with Gasteiger partial charge >= 0.3 is 0 Å². The Morgan fingerprint density at radius 1 is 1.12 bits per heavy atom. The molecule has 0 spiro atoms. The highest BCUT2D eigenvalue weighted by Gasteiger charge is 2.32. The summed E-state index contributed by atoms with van der Waals surface area (Å²) in [6.07, 6.45) is 9.85. The average Bonchev–Trinajstić information content (AvgIpc) is 2.28. The molecule has 0 bridgehead atoms. The third-order valence-corrected chi connectivity index (χ3v) is 4.37. The Bertz CT molecular complexity index is 209. The lowest BCUT2D eigenvalue weighted by atomic mass is 9.73. The third kappa shape index (κ3) is 3.21. The minimum absolute atomic E-state index is 0.478. The molecule has 0 amide bonds. The van der Waals surface area contributed by atoms with Crippen LogP contribution in [0.2, 0.25) is 0 Å². The number of rotatable bonds is 3. The van der Waals surface area contributed by atoms with Gasteiger partial charge in [-0.2, -0.15) is 0 Å². The minimum Gasteiger partial charge on any atom is -0.377 e. The van der Waals surface area contributed by atoms with Crippen LogP contribution in [0, 0.1) is 5.41 Å². The second kappa shape index (κ2) is 5.50. The first-order valence-electron chi connectivity index (χ1n) is 7.03. The molecule has 1 aliphatic heterocycles. The Morgan fingerprint density at radius 3 is 2.62 bits per heavy atom. The molecule has 2 unspecified atom stereocenters. The smallest absolute Gasteiger partial charge is 0.0699 e. The van der Waals surface area contributed by atoms with E-state index in [9.17, 15) is 0 Å². The minimum atomic E-state index is 0.478. The summed E-state index contributed by atoms with van der Waals surface area (Å²) in [6.45, 7) is 6.85. The van der Waals surface area contributed by atoms with E-state index < -0.39 is 0 Å². The molecule has 0 aromatic rings. The normalized spacial score (nSPS) is 34.9. The molecular formula is C14H27NO. The van der Waals surface area contributed by atoms with Gasteiger partial charge in [0, 0.05) is 19.2 Å². The topological polar surface area (TPSA) is 21.3 Å². The average molecular weight is 225 g/mol. The molecule has 0 radical (unpaired) electrons. The maximum atomic E-state index is 5.77. The van der Waals surface area contributed by atoms with Crippen molar-refractivity contribution in [3.63, 3.8) is 0 Å². The van der Waals surface area contributed by atoms with Gasteiger partial charge < -0.3 is 10.1 Å². The Morgan fingerprint density at radius 2 is 1.94 bits per heavy atom. The molecule has 2 rings (SSSR count). The van der Waals surface area contributed by atoms with Crippen molar-refractivity contribution in [3.05, 3.63) is 0 Å². The largest absolute Gasteiger partial charge is 0.377 e. The fraction of sp³-hybridized carbons (Fsp3) is 1.00. The summed E-state index contributed by atoms with van der Waals surface area (Å²) in [5.74, 6) is 0. The van der Waals surface area contributed by atoms with Gasteiger partial charge in [0.2, 0.25) is 0 Å². The van der Waals surface area contributed by atoms with E-state index in [1.165, 1.54) is 44.9 Å². The van der Waals surface area contributed by atoms with E-state index in [-0.39, 0.29) is 0 Å². The van der Waals surface area contributed by atoms with Crippen molar-refractivity contribution in [3.8, 4) is 0 Å². The molecule has 94 valence electrons. The summed E-state index contributed by atoms with van der Waals surface area (Å²) >= 11 is 0. The van der Waals surface area contributed by atoms with Crippen molar-refractivity contribution in [2.75, 3.05) is 13.2 Å². The van der Waals surface area contributed by atoms with Crippen LogP contribution >= 0.6 is 0 Å². The van der Waals surface area contributed by atoms with Crippen molar-refractivity contribution in [2.24, 2.45) is 5.41 Å². The lowest BCUT2D eigenvalue weighted by Gasteiger charge is -2.40. The van der Waals surface area contributed by atoms with Crippen LogP contribution in [0.4, 0.5) is 0 Å². The van der Waals surface area contributed by atoms with Gasteiger partial charge in [-0.1, -0.05) is 26.7 Å². The van der Waals surface area contributed by atoms with Crippen LogP contribution in [0.1, 0.15) is 58.8 Å². The van der Waals surface area contributed by atoms with E-state index in [0.717, 1.165) is 13.2 Å². The Hall–Kier alpha value is -0.0800. The second-order valence-electron chi connectivity index (χ2n) is 6.18.